The zero-order valence-electron chi connectivity index (χ0n) is 10.8. The van der Waals surface area contributed by atoms with Crippen molar-refractivity contribution >= 4 is 18.5 Å². The fourth-order valence-corrected chi connectivity index (χ4v) is 2.35. The number of carbonyl (C=O) groups excluding carboxylic acids is 1. The summed E-state index contributed by atoms with van der Waals surface area (Å²) in [7, 11) is 0. The van der Waals surface area contributed by atoms with Crippen LogP contribution in [0.1, 0.15) is 29.0 Å². The molecule has 0 bridgehead atoms. The molecule has 1 fully saturated rings. The van der Waals surface area contributed by atoms with Gasteiger partial charge in [-0.1, -0.05) is 0 Å². The summed E-state index contributed by atoms with van der Waals surface area (Å²) in [6.45, 7) is 0.440. The lowest BCUT2D eigenvalue weighted by Crippen LogP contribution is -2.32. The molecule has 0 N–H and O–H groups in total. The Morgan fingerprint density at radius 1 is 1.40 bits per heavy atom. The van der Waals surface area contributed by atoms with E-state index in [0.29, 0.717) is 12.1 Å². The fraction of sp³-hybridized carbons (Fsp3) is 0.267. The number of rotatable bonds is 4. The number of thiol groups is 1. The van der Waals surface area contributed by atoms with Crippen LogP contribution in [-0.2, 0) is 6.54 Å². The molecule has 3 rings (SSSR count). The van der Waals surface area contributed by atoms with Gasteiger partial charge in [0.1, 0.15) is 11.6 Å². The molecule has 1 aromatic heterocycles. The molecule has 1 saturated carbocycles. The average molecular weight is 291 g/mol. The van der Waals surface area contributed by atoms with E-state index < -0.39 is 5.82 Å². The first-order valence-corrected chi connectivity index (χ1v) is 6.92. The molecular formula is C15H14FNO2S. The normalized spacial score (nSPS) is 14.3. The molecular weight excluding hydrogens is 277 g/mol. The number of furan rings is 1. The van der Waals surface area contributed by atoms with Crippen molar-refractivity contribution in [1.29, 1.82) is 0 Å². The first-order valence-electron chi connectivity index (χ1n) is 6.47. The maximum Gasteiger partial charge on any atom is 0.254 e. The topological polar surface area (TPSA) is 33.5 Å². The monoisotopic (exact) mass is 291 g/mol. The molecule has 104 valence electrons. The van der Waals surface area contributed by atoms with Crippen molar-refractivity contribution in [2.45, 2.75) is 30.3 Å². The van der Waals surface area contributed by atoms with Gasteiger partial charge >= 0.3 is 0 Å². The van der Waals surface area contributed by atoms with E-state index in [2.05, 4.69) is 12.6 Å². The molecule has 1 heterocycles. The Bertz CT molecular complexity index is 623. The second kappa shape index (κ2) is 5.32. The molecule has 0 unspecified atom stereocenters. The summed E-state index contributed by atoms with van der Waals surface area (Å²) >= 11 is 4.02. The number of amides is 1. The third-order valence-corrected chi connectivity index (χ3v) is 3.69. The van der Waals surface area contributed by atoms with Gasteiger partial charge in [-0.2, -0.15) is 0 Å². The van der Waals surface area contributed by atoms with Gasteiger partial charge < -0.3 is 9.32 Å². The standard InChI is InChI=1S/C15H14FNO2S/c16-13-6-3-10(8-14(13)20)15(18)17(11-4-5-11)9-12-2-1-7-19-12/h1-3,6-8,11,20H,4-5,9H2. The smallest absolute Gasteiger partial charge is 0.254 e. The van der Waals surface area contributed by atoms with Gasteiger partial charge in [-0.3, -0.25) is 4.79 Å². The summed E-state index contributed by atoms with van der Waals surface area (Å²) < 4.78 is 18.5. The summed E-state index contributed by atoms with van der Waals surface area (Å²) in [5.74, 6) is 0.214. The molecule has 0 saturated heterocycles. The molecule has 0 radical (unpaired) electrons. The highest BCUT2D eigenvalue weighted by Gasteiger charge is 2.33. The van der Waals surface area contributed by atoms with E-state index in [1.807, 2.05) is 6.07 Å². The lowest BCUT2D eigenvalue weighted by Gasteiger charge is -2.21. The summed E-state index contributed by atoms with van der Waals surface area (Å²) in [6, 6.07) is 8.13. The molecule has 0 spiro atoms. The largest absolute Gasteiger partial charge is 0.467 e. The summed E-state index contributed by atoms with van der Waals surface area (Å²) in [4.78, 5) is 14.5. The van der Waals surface area contributed by atoms with Gasteiger partial charge in [0, 0.05) is 16.5 Å². The minimum absolute atomic E-state index is 0.112. The van der Waals surface area contributed by atoms with Crippen LogP contribution >= 0.6 is 12.6 Å². The van der Waals surface area contributed by atoms with Crippen LogP contribution in [0.25, 0.3) is 0 Å². The number of hydrogen-bond donors (Lipinski definition) is 1. The quantitative estimate of drug-likeness (QED) is 0.875. The van der Waals surface area contributed by atoms with Crippen LogP contribution in [-0.4, -0.2) is 16.8 Å². The van der Waals surface area contributed by atoms with Gasteiger partial charge in [0.15, 0.2) is 0 Å². The number of nitrogens with zero attached hydrogens (tertiary/aromatic N) is 1. The predicted molar refractivity (Wildman–Crippen MR) is 75.3 cm³/mol. The van der Waals surface area contributed by atoms with E-state index in [1.54, 1.807) is 17.2 Å². The number of halogens is 1. The molecule has 0 aliphatic heterocycles. The van der Waals surface area contributed by atoms with Crippen LogP contribution in [0.15, 0.2) is 45.9 Å². The Labute approximate surface area is 121 Å². The highest BCUT2D eigenvalue weighted by Crippen LogP contribution is 2.30. The van der Waals surface area contributed by atoms with Gasteiger partial charge in [0.25, 0.3) is 5.91 Å². The highest BCUT2D eigenvalue weighted by molar-refractivity contribution is 7.80. The third kappa shape index (κ3) is 2.72. The van der Waals surface area contributed by atoms with Crippen molar-refractivity contribution in [3.05, 3.63) is 53.7 Å². The van der Waals surface area contributed by atoms with E-state index >= 15 is 0 Å². The molecule has 1 amide bonds. The minimum Gasteiger partial charge on any atom is -0.467 e. The Hall–Kier alpha value is -1.75. The summed E-state index contributed by atoms with van der Waals surface area (Å²) in [5, 5.41) is 0. The minimum atomic E-state index is -0.422. The van der Waals surface area contributed by atoms with Crippen LogP contribution in [0.3, 0.4) is 0 Å². The lowest BCUT2D eigenvalue weighted by atomic mass is 10.2. The van der Waals surface area contributed by atoms with Crippen molar-refractivity contribution in [1.82, 2.24) is 4.90 Å². The van der Waals surface area contributed by atoms with Crippen molar-refractivity contribution < 1.29 is 13.6 Å². The van der Waals surface area contributed by atoms with E-state index in [1.165, 1.54) is 18.2 Å². The van der Waals surface area contributed by atoms with Crippen molar-refractivity contribution in [2.75, 3.05) is 0 Å². The molecule has 1 aromatic carbocycles. The molecule has 1 aliphatic carbocycles. The third-order valence-electron chi connectivity index (χ3n) is 3.35. The SMILES string of the molecule is O=C(c1ccc(F)c(S)c1)N(Cc1ccco1)C1CC1. The molecule has 20 heavy (non-hydrogen) atoms. The Morgan fingerprint density at radius 2 is 2.20 bits per heavy atom. The lowest BCUT2D eigenvalue weighted by molar-refractivity contribution is 0.0717. The number of carbonyl (C=O) groups is 1. The molecule has 2 aromatic rings. The Kier molecular flexibility index (Phi) is 3.53. The zero-order chi connectivity index (χ0) is 14.1. The highest BCUT2D eigenvalue weighted by atomic mass is 32.1. The van der Waals surface area contributed by atoms with Gasteiger partial charge in [-0.05, 0) is 43.2 Å². The van der Waals surface area contributed by atoms with Crippen LogP contribution in [0.5, 0.6) is 0 Å². The second-order valence-electron chi connectivity index (χ2n) is 4.91. The number of hydrogen-bond acceptors (Lipinski definition) is 3. The number of benzene rings is 1. The van der Waals surface area contributed by atoms with E-state index in [9.17, 15) is 9.18 Å². The first-order chi connectivity index (χ1) is 9.65. The van der Waals surface area contributed by atoms with Gasteiger partial charge in [-0.25, -0.2) is 4.39 Å². The summed E-state index contributed by atoms with van der Waals surface area (Å²) in [6.07, 6.45) is 3.59. The first kappa shape index (κ1) is 13.2. The van der Waals surface area contributed by atoms with E-state index in [0.717, 1.165) is 18.6 Å². The van der Waals surface area contributed by atoms with Crippen LogP contribution in [0.4, 0.5) is 4.39 Å². The van der Waals surface area contributed by atoms with Crippen LogP contribution < -0.4 is 0 Å². The maximum atomic E-state index is 13.2. The van der Waals surface area contributed by atoms with Crippen LogP contribution in [0.2, 0.25) is 0 Å². The molecule has 3 nitrogen and oxygen atoms in total. The van der Waals surface area contributed by atoms with Gasteiger partial charge in [0.05, 0.1) is 12.8 Å². The van der Waals surface area contributed by atoms with Crippen molar-refractivity contribution in [2.24, 2.45) is 0 Å². The van der Waals surface area contributed by atoms with Crippen LogP contribution in [0, 0.1) is 5.82 Å². The zero-order valence-corrected chi connectivity index (χ0v) is 11.6. The van der Waals surface area contributed by atoms with Crippen molar-refractivity contribution in [3.63, 3.8) is 0 Å². The summed E-state index contributed by atoms with van der Waals surface area (Å²) in [5.41, 5.74) is 0.454. The van der Waals surface area contributed by atoms with Gasteiger partial charge in [0.2, 0.25) is 0 Å². The van der Waals surface area contributed by atoms with Crippen molar-refractivity contribution in [3.8, 4) is 0 Å². The predicted octanol–water partition coefficient (Wildman–Crippen LogP) is 3.51. The molecule has 1 aliphatic rings. The van der Waals surface area contributed by atoms with E-state index in [-0.39, 0.29) is 16.8 Å². The maximum absolute atomic E-state index is 13.2. The Balaban J connectivity index is 1.83. The van der Waals surface area contributed by atoms with Gasteiger partial charge in [-0.15, -0.1) is 12.6 Å². The average Bonchev–Trinajstić information content (AvgIpc) is 3.15. The van der Waals surface area contributed by atoms with E-state index in [4.69, 9.17) is 4.42 Å². The Morgan fingerprint density at radius 3 is 2.80 bits per heavy atom. The fourth-order valence-electron chi connectivity index (χ4n) is 2.13. The molecule has 5 heteroatoms. The molecule has 0 atom stereocenters. The second-order valence-corrected chi connectivity index (χ2v) is 5.39.